The fourth-order valence-electron chi connectivity index (χ4n) is 2.68. The zero-order valence-corrected chi connectivity index (χ0v) is 15.8. The summed E-state index contributed by atoms with van der Waals surface area (Å²) in [6, 6.07) is 10.1. The SMILES string of the molecule is COc1cc(C(C)=O)ccc1OCC(=O)OCc1cc(=O)oc2cc(O)ccc12. The molecule has 8 heteroatoms. The highest BCUT2D eigenvalue weighted by Gasteiger charge is 2.13. The first-order valence-corrected chi connectivity index (χ1v) is 8.60. The number of hydrogen-bond acceptors (Lipinski definition) is 8. The van der Waals surface area contributed by atoms with Crippen LogP contribution in [0.5, 0.6) is 17.2 Å². The molecule has 0 fully saturated rings. The van der Waals surface area contributed by atoms with Gasteiger partial charge in [0.25, 0.3) is 0 Å². The highest BCUT2D eigenvalue weighted by molar-refractivity contribution is 5.94. The molecule has 150 valence electrons. The lowest BCUT2D eigenvalue weighted by atomic mass is 10.1. The fourth-order valence-corrected chi connectivity index (χ4v) is 2.68. The summed E-state index contributed by atoms with van der Waals surface area (Å²) in [5.41, 5.74) is 0.460. The van der Waals surface area contributed by atoms with Crippen molar-refractivity contribution in [1.29, 1.82) is 0 Å². The van der Waals surface area contributed by atoms with E-state index >= 15 is 0 Å². The van der Waals surface area contributed by atoms with Crippen LogP contribution in [0.2, 0.25) is 0 Å². The minimum atomic E-state index is -0.664. The second kappa shape index (κ2) is 8.47. The Morgan fingerprint density at radius 1 is 1.07 bits per heavy atom. The number of aromatic hydroxyl groups is 1. The molecule has 1 aromatic heterocycles. The van der Waals surface area contributed by atoms with Crippen LogP contribution in [0, 0.1) is 0 Å². The fraction of sp³-hybridized carbons (Fsp3) is 0.190. The van der Waals surface area contributed by atoms with E-state index in [4.69, 9.17) is 18.6 Å². The number of methoxy groups -OCH3 is 1. The van der Waals surface area contributed by atoms with Crippen LogP contribution in [0.3, 0.4) is 0 Å². The summed E-state index contributed by atoms with van der Waals surface area (Å²) >= 11 is 0. The maximum atomic E-state index is 12.1. The second-order valence-corrected chi connectivity index (χ2v) is 6.14. The van der Waals surface area contributed by atoms with Gasteiger partial charge < -0.3 is 23.7 Å². The quantitative estimate of drug-likeness (QED) is 0.367. The first kappa shape index (κ1) is 19.9. The summed E-state index contributed by atoms with van der Waals surface area (Å²) in [5.74, 6) is -0.231. The number of rotatable bonds is 7. The molecule has 29 heavy (non-hydrogen) atoms. The van der Waals surface area contributed by atoms with Crippen LogP contribution in [0.15, 0.2) is 51.7 Å². The van der Waals surface area contributed by atoms with E-state index in [-0.39, 0.29) is 29.5 Å². The van der Waals surface area contributed by atoms with Crippen LogP contribution in [-0.4, -0.2) is 30.6 Å². The van der Waals surface area contributed by atoms with E-state index < -0.39 is 18.2 Å². The van der Waals surface area contributed by atoms with E-state index in [0.717, 1.165) is 0 Å². The van der Waals surface area contributed by atoms with Gasteiger partial charge in [0.15, 0.2) is 23.9 Å². The van der Waals surface area contributed by atoms with Gasteiger partial charge in [-0.3, -0.25) is 4.79 Å². The van der Waals surface area contributed by atoms with Crippen LogP contribution in [0.1, 0.15) is 22.8 Å². The lowest BCUT2D eigenvalue weighted by molar-refractivity contribution is -0.147. The molecule has 0 aliphatic rings. The smallest absolute Gasteiger partial charge is 0.344 e. The molecule has 0 bridgehead atoms. The van der Waals surface area contributed by atoms with Crippen LogP contribution >= 0.6 is 0 Å². The Hall–Kier alpha value is -3.81. The zero-order valence-electron chi connectivity index (χ0n) is 15.8. The Kier molecular flexibility index (Phi) is 5.82. The summed E-state index contributed by atoms with van der Waals surface area (Å²) in [6.45, 7) is 0.868. The van der Waals surface area contributed by atoms with Gasteiger partial charge >= 0.3 is 11.6 Å². The van der Waals surface area contributed by atoms with Crippen molar-refractivity contribution in [3.05, 3.63) is 64.0 Å². The van der Waals surface area contributed by atoms with Crippen LogP contribution < -0.4 is 15.1 Å². The largest absolute Gasteiger partial charge is 0.508 e. The van der Waals surface area contributed by atoms with Crippen LogP contribution in [-0.2, 0) is 16.1 Å². The average molecular weight is 398 g/mol. The molecule has 0 saturated carbocycles. The summed E-state index contributed by atoms with van der Waals surface area (Å²) in [5, 5.41) is 10.0. The van der Waals surface area contributed by atoms with Crippen molar-refractivity contribution in [2.24, 2.45) is 0 Å². The first-order valence-electron chi connectivity index (χ1n) is 8.60. The van der Waals surface area contributed by atoms with E-state index in [9.17, 15) is 19.5 Å². The Morgan fingerprint density at radius 2 is 1.86 bits per heavy atom. The standard InChI is InChI=1S/C21H18O8/c1-12(22)13-3-6-17(19(7-13)26-2)27-11-21(25)28-10-14-8-20(24)29-18-9-15(23)4-5-16(14)18/h3-9,23H,10-11H2,1-2H3. The lowest BCUT2D eigenvalue weighted by Crippen LogP contribution is -2.16. The number of Topliss-reactive ketones (excluding diaryl/α,β-unsaturated/α-hetero) is 1. The minimum absolute atomic E-state index is 0.0482. The van der Waals surface area contributed by atoms with Crippen molar-refractivity contribution in [2.45, 2.75) is 13.5 Å². The number of esters is 1. The zero-order chi connectivity index (χ0) is 21.0. The third kappa shape index (κ3) is 4.73. The Labute approximate surface area is 165 Å². The number of phenols is 1. The minimum Gasteiger partial charge on any atom is -0.508 e. The third-order valence-electron chi connectivity index (χ3n) is 4.12. The molecule has 0 saturated heterocycles. The molecule has 8 nitrogen and oxygen atoms in total. The predicted octanol–water partition coefficient (Wildman–Crippen LogP) is 2.83. The van der Waals surface area contributed by atoms with Crippen molar-refractivity contribution in [2.75, 3.05) is 13.7 Å². The van der Waals surface area contributed by atoms with E-state index in [1.165, 1.54) is 44.4 Å². The lowest BCUT2D eigenvalue weighted by Gasteiger charge is -2.12. The molecule has 0 unspecified atom stereocenters. The van der Waals surface area contributed by atoms with Gasteiger partial charge in [0.2, 0.25) is 0 Å². The Bertz CT molecular complexity index is 1130. The van der Waals surface area contributed by atoms with Crippen molar-refractivity contribution in [3.63, 3.8) is 0 Å². The molecule has 1 heterocycles. The monoisotopic (exact) mass is 398 g/mol. The predicted molar refractivity (Wildman–Crippen MR) is 102 cm³/mol. The summed E-state index contributed by atoms with van der Waals surface area (Å²) in [7, 11) is 1.42. The Balaban J connectivity index is 1.66. The molecular weight excluding hydrogens is 380 g/mol. The van der Waals surface area contributed by atoms with Gasteiger partial charge in [0, 0.05) is 28.6 Å². The summed E-state index contributed by atoms with van der Waals surface area (Å²) in [4.78, 5) is 35.2. The van der Waals surface area contributed by atoms with E-state index in [2.05, 4.69) is 0 Å². The van der Waals surface area contributed by atoms with E-state index in [1.54, 1.807) is 12.1 Å². The van der Waals surface area contributed by atoms with E-state index in [0.29, 0.717) is 22.3 Å². The van der Waals surface area contributed by atoms with Gasteiger partial charge in [-0.05, 0) is 37.3 Å². The van der Waals surface area contributed by atoms with Gasteiger partial charge in [-0.1, -0.05) is 0 Å². The van der Waals surface area contributed by atoms with Gasteiger partial charge in [0.1, 0.15) is 17.9 Å². The molecule has 2 aromatic carbocycles. The van der Waals surface area contributed by atoms with Gasteiger partial charge in [0.05, 0.1) is 7.11 Å². The molecule has 0 aliphatic heterocycles. The molecule has 0 spiro atoms. The highest BCUT2D eigenvalue weighted by atomic mass is 16.6. The van der Waals surface area contributed by atoms with Crippen molar-refractivity contribution < 1.29 is 33.3 Å². The van der Waals surface area contributed by atoms with Crippen molar-refractivity contribution in [1.82, 2.24) is 0 Å². The van der Waals surface area contributed by atoms with Gasteiger partial charge in [-0.25, -0.2) is 9.59 Å². The third-order valence-corrected chi connectivity index (χ3v) is 4.12. The van der Waals surface area contributed by atoms with Crippen molar-refractivity contribution in [3.8, 4) is 17.2 Å². The first-order chi connectivity index (χ1) is 13.9. The van der Waals surface area contributed by atoms with Crippen LogP contribution in [0.25, 0.3) is 11.0 Å². The number of ether oxygens (including phenoxy) is 3. The maximum Gasteiger partial charge on any atom is 0.344 e. The normalized spacial score (nSPS) is 10.6. The topological polar surface area (TPSA) is 112 Å². The number of benzene rings is 2. The van der Waals surface area contributed by atoms with Crippen molar-refractivity contribution >= 4 is 22.7 Å². The molecule has 0 atom stereocenters. The number of fused-ring (bicyclic) bond motifs is 1. The van der Waals surface area contributed by atoms with Gasteiger partial charge in [-0.15, -0.1) is 0 Å². The number of ketones is 1. The van der Waals surface area contributed by atoms with E-state index in [1.807, 2.05) is 0 Å². The molecule has 0 radical (unpaired) electrons. The molecule has 3 aromatic rings. The average Bonchev–Trinajstić information content (AvgIpc) is 2.69. The summed E-state index contributed by atoms with van der Waals surface area (Å²) < 4.78 is 20.8. The molecule has 0 aliphatic carbocycles. The maximum absolute atomic E-state index is 12.1. The molecular formula is C21H18O8. The number of carbonyl (C=O) groups excluding carboxylic acids is 2. The number of hydrogen-bond donors (Lipinski definition) is 1. The van der Waals surface area contributed by atoms with Gasteiger partial charge in [-0.2, -0.15) is 0 Å². The highest BCUT2D eigenvalue weighted by Crippen LogP contribution is 2.28. The molecule has 1 N–H and O–H groups in total. The molecule has 3 rings (SSSR count). The number of carbonyl (C=O) groups is 2. The number of phenolic OH excluding ortho intramolecular Hbond substituents is 1. The van der Waals surface area contributed by atoms with Crippen LogP contribution in [0.4, 0.5) is 0 Å². The summed E-state index contributed by atoms with van der Waals surface area (Å²) in [6.07, 6.45) is 0. The Morgan fingerprint density at radius 3 is 2.59 bits per heavy atom. The second-order valence-electron chi connectivity index (χ2n) is 6.14. The molecule has 0 amide bonds.